The summed E-state index contributed by atoms with van der Waals surface area (Å²) in [6.07, 6.45) is -0.560. The van der Waals surface area contributed by atoms with Crippen molar-refractivity contribution in [2.75, 3.05) is 7.11 Å². The zero-order valence-corrected chi connectivity index (χ0v) is 12.7. The first-order chi connectivity index (χ1) is 9.27. The molecule has 0 aliphatic heterocycles. The van der Waals surface area contributed by atoms with Crippen molar-refractivity contribution in [2.45, 2.75) is 33.8 Å². The first-order valence-electron chi connectivity index (χ1n) is 6.61. The average Bonchev–Trinajstić information content (AvgIpc) is 2.37. The van der Waals surface area contributed by atoms with Gasteiger partial charge in [0.15, 0.2) is 0 Å². The normalized spacial score (nSPS) is 14.2. The molecule has 1 aromatic rings. The molecule has 0 aromatic heterocycles. The molecule has 1 rings (SSSR count). The van der Waals surface area contributed by atoms with Crippen LogP contribution in [0.2, 0.25) is 0 Å². The maximum Gasteiger partial charge on any atom is 0.338 e. The lowest BCUT2D eigenvalue weighted by molar-refractivity contribution is -0.154. The number of hydrogen-bond acceptors (Lipinski definition) is 4. The Kier molecular flexibility index (Phi) is 5.31. The van der Waals surface area contributed by atoms with Crippen LogP contribution in [0.5, 0.6) is 0 Å². The van der Waals surface area contributed by atoms with E-state index in [0.717, 1.165) is 0 Å². The number of rotatable bonds is 4. The van der Waals surface area contributed by atoms with Gasteiger partial charge in [-0.3, -0.25) is 4.79 Å². The fourth-order valence-electron chi connectivity index (χ4n) is 2.26. The Morgan fingerprint density at radius 2 is 1.65 bits per heavy atom. The summed E-state index contributed by atoms with van der Waals surface area (Å²) in [4.78, 5) is 23.9. The Hall–Kier alpha value is -1.84. The largest absolute Gasteiger partial charge is 0.469 e. The van der Waals surface area contributed by atoms with Gasteiger partial charge in [0.25, 0.3) is 0 Å². The quantitative estimate of drug-likeness (QED) is 0.794. The van der Waals surface area contributed by atoms with Crippen molar-refractivity contribution in [3.63, 3.8) is 0 Å². The zero-order valence-electron chi connectivity index (χ0n) is 12.7. The third kappa shape index (κ3) is 4.08. The molecular formula is C16H22O4. The summed E-state index contributed by atoms with van der Waals surface area (Å²) >= 11 is 0. The molecule has 1 aromatic carbocycles. The van der Waals surface area contributed by atoms with Crippen LogP contribution >= 0.6 is 0 Å². The van der Waals surface area contributed by atoms with Crippen LogP contribution in [0.4, 0.5) is 0 Å². The van der Waals surface area contributed by atoms with Gasteiger partial charge in [-0.25, -0.2) is 4.79 Å². The first kappa shape index (κ1) is 16.2. The third-order valence-corrected chi connectivity index (χ3v) is 3.16. The number of ether oxygens (including phenoxy) is 2. The van der Waals surface area contributed by atoms with E-state index in [1.807, 2.05) is 26.8 Å². The Balaban J connectivity index is 2.84. The molecule has 0 fully saturated rings. The van der Waals surface area contributed by atoms with E-state index in [1.165, 1.54) is 7.11 Å². The molecule has 0 spiro atoms. The van der Waals surface area contributed by atoms with Crippen LogP contribution in [-0.2, 0) is 14.3 Å². The van der Waals surface area contributed by atoms with Gasteiger partial charge in [-0.05, 0) is 24.5 Å². The van der Waals surface area contributed by atoms with E-state index in [1.54, 1.807) is 31.2 Å². The molecule has 0 aliphatic rings. The van der Waals surface area contributed by atoms with Crippen molar-refractivity contribution >= 4 is 11.9 Å². The highest BCUT2D eigenvalue weighted by molar-refractivity contribution is 5.89. The highest BCUT2D eigenvalue weighted by atomic mass is 16.6. The fourth-order valence-corrected chi connectivity index (χ4v) is 2.26. The Morgan fingerprint density at radius 1 is 1.10 bits per heavy atom. The minimum Gasteiger partial charge on any atom is -0.469 e. The molecule has 2 unspecified atom stereocenters. The molecule has 2 atom stereocenters. The lowest BCUT2D eigenvalue weighted by Gasteiger charge is -2.32. The van der Waals surface area contributed by atoms with E-state index in [9.17, 15) is 9.59 Å². The SMILES string of the molecule is COC(=O)C(C(C)OC(=O)c1ccccc1)C(C)(C)C. The lowest BCUT2D eigenvalue weighted by Crippen LogP contribution is -2.40. The van der Waals surface area contributed by atoms with Crippen LogP contribution in [0.1, 0.15) is 38.1 Å². The first-order valence-corrected chi connectivity index (χ1v) is 6.61. The smallest absolute Gasteiger partial charge is 0.338 e. The van der Waals surface area contributed by atoms with E-state index in [2.05, 4.69) is 0 Å². The highest BCUT2D eigenvalue weighted by Gasteiger charge is 2.39. The van der Waals surface area contributed by atoms with Crippen LogP contribution in [0.15, 0.2) is 30.3 Å². The van der Waals surface area contributed by atoms with Gasteiger partial charge in [0.2, 0.25) is 0 Å². The summed E-state index contributed by atoms with van der Waals surface area (Å²) in [6, 6.07) is 8.72. The second-order valence-electron chi connectivity index (χ2n) is 5.84. The molecule has 0 saturated carbocycles. The van der Waals surface area contributed by atoms with E-state index in [-0.39, 0.29) is 11.4 Å². The summed E-state index contributed by atoms with van der Waals surface area (Å²) in [6.45, 7) is 7.47. The van der Waals surface area contributed by atoms with Crippen molar-refractivity contribution in [3.05, 3.63) is 35.9 Å². The van der Waals surface area contributed by atoms with Crippen molar-refractivity contribution in [3.8, 4) is 0 Å². The minimum atomic E-state index is -0.560. The Labute approximate surface area is 120 Å². The van der Waals surface area contributed by atoms with E-state index >= 15 is 0 Å². The van der Waals surface area contributed by atoms with Crippen molar-refractivity contribution in [1.82, 2.24) is 0 Å². The molecule has 0 aliphatic carbocycles. The standard InChI is InChI=1S/C16H22O4/c1-11(13(15(18)19-5)16(2,3)4)20-14(17)12-9-7-6-8-10-12/h6-11,13H,1-5H3. The van der Waals surface area contributed by atoms with Gasteiger partial charge in [-0.15, -0.1) is 0 Å². The third-order valence-electron chi connectivity index (χ3n) is 3.16. The predicted molar refractivity (Wildman–Crippen MR) is 76.3 cm³/mol. The van der Waals surface area contributed by atoms with Crippen molar-refractivity contribution in [2.24, 2.45) is 11.3 Å². The van der Waals surface area contributed by atoms with Gasteiger partial charge in [0, 0.05) is 0 Å². The van der Waals surface area contributed by atoms with Crippen LogP contribution < -0.4 is 0 Å². The fraction of sp³-hybridized carbons (Fsp3) is 0.500. The lowest BCUT2D eigenvalue weighted by atomic mass is 9.77. The Bertz CT molecular complexity index is 459. The summed E-state index contributed by atoms with van der Waals surface area (Å²) < 4.78 is 10.2. The number of methoxy groups -OCH3 is 1. The number of carbonyl (C=O) groups excluding carboxylic acids is 2. The second-order valence-corrected chi connectivity index (χ2v) is 5.84. The summed E-state index contributed by atoms with van der Waals surface area (Å²) in [7, 11) is 1.34. The number of carbonyl (C=O) groups is 2. The second kappa shape index (κ2) is 6.55. The van der Waals surface area contributed by atoms with Crippen LogP contribution in [0.3, 0.4) is 0 Å². The highest BCUT2D eigenvalue weighted by Crippen LogP contribution is 2.31. The van der Waals surface area contributed by atoms with Crippen molar-refractivity contribution in [1.29, 1.82) is 0 Å². The molecule has 0 radical (unpaired) electrons. The maximum atomic E-state index is 12.0. The van der Waals surface area contributed by atoms with E-state index in [4.69, 9.17) is 9.47 Å². The van der Waals surface area contributed by atoms with Crippen LogP contribution in [0.25, 0.3) is 0 Å². The molecule has 0 amide bonds. The molecule has 4 heteroatoms. The summed E-state index contributed by atoms with van der Waals surface area (Å²) in [5.74, 6) is -1.32. The molecule has 0 N–H and O–H groups in total. The maximum absolute atomic E-state index is 12.0. The van der Waals surface area contributed by atoms with Gasteiger partial charge in [-0.2, -0.15) is 0 Å². The van der Waals surface area contributed by atoms with Gasteiger partial charge < -0.3 is 9.47 Å². The molecule has 4 nitrogen and oxygen atoms in total. The number of esters is 2. The minimum absolute atomic E-state index is 0.358. The number of hydrogen-bond donors (Lipinski definition) is 0. The van der Waals surface area contributed by atoms with Crippen LogP contribution in [-0.4, -0.2) is 25.2 Å². The molecule has 0 heterocycles. The van der Waals surface area contributed by atoms with Gasteiger partial charge >= 0.3 is 11.9 Å². The van der Waals surface area contributed by atoms with Gasteiger partial charge in [-0.1, -0.05) is 39.0 Å². The van der Waals surface area contributed by atoms with E-state index < -0.39 is 18.0 Å². The topological polar surface area (TPSA) is 52.6 Å². The molecule has 0 saturated heterocycles. The summed E-state index contributed by atoms with van der Waals surface area (Å²) in [5, 5.41) is 0. The van der Waals surface area contributed by atoms with Crippen LogP contribution in [0, 0.1) is 11.3 Å². The van der Waals surface area contributed by atoms with Gasteiger partial charge in [0.05, 0.1) is 18.6 Å². The summed E-state index contributed by atoms with van der Waals surface area (Å²) in [5.41, 5.74) is 0.112. The molecule has 20 heavy (non-hydrogen) atoms. The van der Waals surface area contributed by atoms with E-state index in [0.29, 0.717) is 5.56 Å². The van der Waals surface area contributed by atoms with Gasteiger partial charge in [0.1, 0.15) is 6.10 Å². The molecule has 110 valence electrons. The predicted octanol–water partition coefficient (Wildman–Crippen LogP) is 3.07. The molecular weight excluding hydrogens is 256 g/mol. The average molecular weight is 278 g/mol. The molecule has 0 bridgehead atoms. The zero-order chi connectivity index (χ0) is 15.3. The monoisotopic (exact) mass is 278 g/mol. The number of benzene rings is 1. The Morgan fingerprint density at radius 3 is 2.10 bits per heavy atom. The van der Waals surface area contributed by atoms with Crippen molar-refractivity contribution < 1.29 is 19.1 Å².